The number of hydrogen-bond acceptors (Lipinski definition) is 3. The second-order valence-corrected chi connectivity index (χ2v) is 5.35. The van der Waals surface area contributed by atoms with Crippen molar-refractivity contribution in [1.29, 1.82) is 0 Å². The molecule has 4 nitrogen and oxygen atoms in total. The molecule has 0 aliphatic carbocycles. The Kier molecular flexibility index (Phi) is 6.05. The molecule has 0 saturated carbocycles. The molecule has 1 heterocycles. The molecule has 0 saturated heterocycles. The summed E-state index contributed by atoms with van der Waals surface area (Å²) in [6, 6.07) is 0. The molecule has 0 aromatic carbocycles. The summed E-state index contributed by atoms with van der Waals surface area (Å²) in [4.78, 5) is 12.1. The van der Waals surface area contributed by atoms with E-state index in [0.717, 1.165) is 19.4 Å². The molecule has 0 spiro atoms. The molecule has 0 fully saturated rings. The average Bonchev–Trinajstić information content (AvgIpc) is 2.76. The fraction of sp³-hybridized carbons (Fsp3) is 0.714. The van der Waals surface area contributed by atoms with Crippen LogP contribution in [0.15, 0.2) is 12.4 Å². The Morgan fingerprint density at radius 3 is 2.78 bits per heavy atom. The van der Waals surface area contributed by atoms with E-state index in [9.17, 15) is 4.79 Å². The van der Waals surface area contributed by atoms with Gasteiger partial charge in [0.25, 0.3) is 0 Å². The van der Waals surface area contributed by atoms with Gasteiger partial charge in [-0.05, 0) is 31.2 Å². The molecule has 1 unspecified atom stereocenters. The van der Waals surface area contributed by atoms with Crippen LogP contribution in [-0.4, -0.2) is 22.1 Å². The van der Waals surface area contributed by atoms with Crippen molar-refractivity contribution in [3.8, 4) is 0 Å². The summed E-state index contributed by atoms with van der Waals surface area (Å²) >= 11 is 0. The number of carbonyl (C=O) groups is 1. The Hall–Kier alpha value is -1.16. The molecule has 1 aromatic rings. The van der Waals surface area contributed by atoms with Gasteiger partial charge >= 0.3 is 0 Å². The molecule has 2 N–H and O–H groups in total. The standard InChI is InChI=1S/C14H25N3O/c1-4-5-17-10-13(9-16-17)14(18)7-12(8-15)6-11(2)3/h9-12H,4-8,15H2,1-3H3. The highest BCUT2D eigenvalue weighted by atomic mass is 16.1. The topological polar surface area (TPSA) is 60.9 Å². The molecule has 0 amide bonds. The monoisotopic (exact) mass is 251 g/mol. The Labute approximate surface area is 110 Å². The summed E-state index contributed by atoms with van der Waals surface area (Å²) in [6.45, 7) is 7.85. The maximum atomic E-state index is 12.1. The second kappa shape index (κ2) is 7.31. The number of nitrogens with two attached hydrogens (primary N) is 1. The first kappa shape index (κ1) is 14.9. The molecule has 18 heavy (non-hydrogen) atoms. The van der Waals surface area contributed by atoms with Crippen molar-refractivity contribution in [3.63, 3.8) is 0 Å². The Balaban J connectivity index is 2.57. The van der Waals surface area contributed by atoms with Gasteiger partial charge in [-0.1, -0.05) is 20.8 Å². The van der Waals surface area contributed by atoms with Crippen LogP contribution in [0.4, 0.5) is 0 Å². The van der Waals surface area contributed by atoms with E-state index in [1.165, 1.54) is 0 Å². The van der Waals surface area contributed by atoms with E-state index >= 15 is 0 Å². The lowest BCUT2D eigenvalue weighted by molar-refractivity contribution is 0.0957. The molecular formula is C14H25N3O. The lowest BCUT2D eigenvalue weighted by Crippen LogP contribution is -2.20. The van der Waals surface area contributed by atoms with Crippen LogP contribution in [-0.2, 0) is 6.54 Å². The largest absolute Gasteiger partial charge is 0.330 e. The first-order valence-electron chi connectivity index (χ1n) is 6.82. The first-order valence-corrected chi connectivity index (χ1v) is 6.82. The van der Waals surface area contributed by atoms with Crippen LogP contribution in [0, 0.1) is 11.8 Å². The van der Waals surface area contributed by atoms with Gasteiger partial charge in [-0.3, -0.25) is 9.48 Å². The van der Waals surface area contributed by atoms with Gasteiger partial charge < -0.3 is 5.73 Å². The van der Waals surface area contributed by atoms with Gasteiger partial charge in [-0.2, -0.15) is 5.10 Å². The number of ketones is 1. The van der Waals surface area contributed by atoms with E-state index in [4.69, 9.17) is 5.73 Å². The molecule has 0 aliphatic rings. The van der Waals surface area contributed by atoms with Crippen molar-refractivity contribution in [1.82, 2.24) is 9.78 Å². The van der Waals surface area contributed by atoms with Gasteiger partial charge in [0.1, 0.15) is 0 Å². The van der Waals surface area contributed by atoms with Crippen molar-refractivity contribution < 1.29 is 4.79 Å². The molecule has 1 aromatic heterocycles. The molecule has 1 rings (SSSR count). The highest BCUT2D eigenvalue weighted by molar-refractivity contribution is 5.95. The Bertz CT molecular complexity index is 371. The zero-order valence-electron chi connectivity index (χ0n) is 11.7. The van der Waals surface area contributed by atoms with Crippen molar-refractivity contribution >= 4 is 5.78 Å². The van der Waals surface area contributed by atoms with E-state index in [2.05, 4.69) is 25.9 Å². The summed E-state index contributed by atoms with van der Waals surface area (Å²) < 4.78 is 1.83. The van der Waals surface area contributed by atoms with Crippen LogP contribution in [0.2, 0.25) is 0 Å². The quantitative estimate of drug-likeness (QED) is 0.722. The minimum absolute atomic E-state index is 0.161. The van der Waals surface area contributed by atoms with Crippen LogP contribution in [0.25, 0.3) is 0 Å². The highest BCUT2D eigenvalue weighted by Gasteiger charge is 2.16. The lowest BCUT2D eigenvalue weighted by atomic mass is 9.91. The molecule has 4 heteroatoms. The molecular weight excluding hydrogens is 226 g/mol. The smallest absolute Gasteiger partial charge is 0.166 e. The summed E-state index contributed by atoms with van der Waals surface area (Å²) in [5.74, 6) is 1.02. The number of nitrogens with zero attached hydrogens (tertiary/aromatic N) is 2. The van der Waals surface area contributed by atoms with Crippen molar-refractivity contribution in [2.75, 3.05) is 6.54 Å². The third kappa shape index (κ3) is 4.61. The average molecular weight is 251 g/mol. The third-order valence-electron chi connectivity index (χ3n) is 3.02. The summed E-state index contributed by atoms with van der Waals surface area (Å²) in [6.07, 6.45) is 6.07. The van der Waals surface area contributed by atoms with E-state index < -0.39 is 0 Å². The Morgan fingerprint density at radius 2 is 2.22 bits per heavy atom. The zero-order chi connectivity index (χ0) is 13.5. The maximum absolute atomic E-state index is 12.1. The van der Waals surface area contributed by atoms with Crippen molar-refractivity contribution in [3.05, 3.63) is 18.0 Å². The van der Waals surface area contributed by atoms with Crippen LogP contribution in [0.3, 0.4) is 0 Å². The van der Waals surface area contributed by atoms with Crippen LogP contribution in [0.1, 0.15) is 50.4 Å². The third-order valence-corrected chi connectivity index (χ3v) is 3.02. The van der Waals surface area contributed by atoms with Crippen molar-refractivity contribution in [2.45, 2.75) is 46.6 Å². The maximum Gasteiger partial charge on any atom is 0.166 e. The lowest BCUT2D eigenvalue weighted by Gasteiger charge is -2.15. The predicted octanol–water partition coefficient (Wildman–Crippen LogP) is 2.49. The number of aromatic nitrogens is 2. The van der Waals surface area contributed by atoms with Crippen LogP contribution >= 0.6 is 0 Å². The number of hydrogen-bond donors (Lipinski definition) is 1. The normalized spacial score (nSPS) is 12.9. The molecule has 1 atom stereocenters. The molecule has 0 bridgehead atoms. The minimum atomic E-state index is 0.161. The van der Waals surface area contributed by atoms with E-state index in [0.29, 0.717) is 24.4 Å². The van der Waals surface area contributed by atoms with Gasteiger partial charge in [0, 0.05) is 19.2 Å². The van der Waals surface area contributed by atoms with Gasteiger partial charge in [0.05, 0.1) is 11.8 Å². The predicted molar refractivity (Wildman–Crippen MR) is 73.5 cm³/mol. The fourth-order valence-corrected chi connectivity index (χ4v) is 2.17. The van der Waals surface area contributed by atoms with Gasteiger partial charge in [0.15, 0.2) is 5.78 Å². The van der Waals surface area contributed by atoms with Gasteiger partial charge in [-0.25, -0.2) is 0 Å². The van der Waals surface area contributed by atoms with Gasteiger partial charge in [-0.15, -0.1) is 0 Å². The van der Waals surface area contributed by atoms with E-state index in [-0.39, 0.29) is 11.7 Å². The Morgan fingerprint density at radius 1 is 1.50 bits per heavy atom. The van der Waals surface area contributed by atoms with Crippen LogP contribution < -0.4 is 5.73 Å². The number of carbonyl (C=O) groups excluding carboxylic acids is 1. The first-order chi connectivity index (χ1) is 8.56. The number of Topliss-reactive ketones (excluding diaryl/α,β-unsaturated/α-hetero) is 1. The molecule has 0 radical (unpaired) electrons. The highest BCUT2D eigenvalue weighted by Crippen LogP contribution is 2.17. The fourth-order valence-electron chi connectivity index (χ4n) is 2.17. The summed E-state index contributed by atoms with van der Waals surface area (Å²) in [7, 11) is 0. The summed E-state index contributed by atoms with van der Waals surface area (Å²) in [5.41, 5.74) is 6.44. The van der Waals surface area contributed by atoms with Gasteiger partial charge in [0.2, 0.25) is 0 Å². The van der Waals surface area contributed by atoms with Crippen LogP contribution in [0.5, 0.6) is 0 Å². The molecule has 0 aliphatic heterocycles. The summed E-state index contributed by atoms with van der Waals surface area (Å²) in [5, 5.41) is 4.19. The van der Waals surface area contributed by atoms with Crippen molar-refractivity contribution in [2.24, 2.45) is 17.6 Å². The van der Waals surface area contributed by atoms with E-state index in [1.54, 1.807) is 6.20 Å². The number of aryl methyl sites for hydroxylation is 1. The second-order valence-electron chi connectivity index (χ2n) is 5.35. The minimum Gasteiger partial charge on any atom is -0.330 e. The van der Waals surface area contributed by atoms with E-state index in [1.807, 2.05) is 10.9 Å². The number of rotatable bonds is 8. The SMILES string of the molecule is CCCn1cc(C(=O)CC(CN)CC(C)C)cn1. The zero-order valence-corrected chi connectivity index (χ0v) is 11.7. The molecule has 102 valence electrons.